The van der Waals surface area contributed by atoms with Crippen LogP contribution in [0.5, 0.6) is 0 Å². The van der Waals surface area contributed by atoms with Crippen molar-refractivity contribution in [1.29, 1.82) is 5.26 Å². The number of nitriles is 1. The number of hydrogen-bond donors (Lipinski definition) is 1. The molecule has 1 N–H and O–H groups in total. The standard InChI is InChI=1S/C13H22N2O/c1-5-8-13(10-14,9-6-2)12(16)15-11(4)7-3/h7,11H,3,5-6,8-9H2,1-2,4H3,(H,15,16). The summed E-state index contributed by atoms with van der Waals surface area (Å²) in [7, 11) is 0. The van der Waals surface area contributed by atoms with Crippen LogP contribution in [-0.2, 0) is 4.79 Å². The van der Waals surface area contributed by atoms with E-state index in [1.807, 2.05) is 20.8 Å². The molecule has 0 aromatic heterocycles. The average Bonchev–Trinajstić information content (AvgIpc) is 2.28. The van der Waals surface area contributed by atoms with E-state index in [0.29, 0.717) is 12.8 Å². The molecule has 0 rings (SSSR count). The van der Waals surface area contributed by atoms with Gasteiger partial charge in [0.15, 0.2) is 0 Å². The largest absolute Gasteiger partial charge is 0.349 e. The highest BCUT2D eigenvalue weighted by molar-refractivity contribution is 5.85. The zero-order valence-electron chi connectivity index (χ0n) is 10.5. The smallest absolute Gasteiger partial charge is 0.240 e. The van der Waals surface area contributed by atoms with Crippen molar-refractivity contribution in [2.24, 2.45) is 5.41 Å². The van der Waals surface area contributed by atoms with Crippen LogP contribution in [-0.4, -0.2) is 11.9 Å². The fourth-order valence-corrected chi connectivity index (χ4v) is 1.77. The van der Waals surface area contributed by atoms with Crippen molar-refractivity contribution in [3.8, 4) is 6.07 Å². The van der Waals surface area contributed by atoms with E-state index in [1.54, 1.807) is 6.08 Å². The molecule has 0 aliphatic heterocycles. The lowest BCUT2D eigenvalue weighted by atomic mass is 9.79. The summed E-state index contributed by atoms with van der Waals surface area (Å²) < 4.78 is 0. The predicted molar refractivity (Wildman–Crippen MR) is 65.7 cm³/mol. The second-order valence-electron chi connectivity index (χ2n) is 4.19. The Morgan fingerprint density at radius 2 is 2.00 bits per heavy atom. The third-order valence-corrected chi connectivity index (χ3v) is 2.71. The highest BCUT2D eigenvalue weighted by atomic mass is 16.2. The van der Waals surface area contributed by atoms with Gasteiger partial charge in [-0.2, -0.15) is 5.26 Å². The molecule has 16 heavy (non-hydrogen) atoms. The topological polar surface area (TPSA) is 52.9 Å². The minimum absolute atomic E-state index is 0.0889. The maximum atomic E-state index is 12.1. The van der Waals surface area contributed by atoms with Crippen LogP contribution in [0, 0.1) is 16.7 Å². The van der Waals surface area contributed by atoms with E-state index in [4.69, 9.17) is 0 Å². The van der Waals surface area contributed by atoms with Crippen LogP contribution in [0.2, 0.25) is 0 Å². The Kier molecular flexibility index (Phi) is 6.48. The van der Waals surface area contributed by atoms with Crippen LogP contribution in [0.15, 0.2) is 12.7 Å². The summed E-state index contributed by atoms with van der Waals surface area (Å²) in [5.74, 6) is -0.161. The SMILES string of the molecule is C=CC(C)NC(=O)C(C#N)(CCC)CCC. The quantitative estimate of drug-likeness (QED) is 0.673. The van der Waals surface area contributed by atoms with Gasteiger partial charge in [-0.1, -0.05) is 32.8 Å². The van der Waals surface area contributed by atoms with Crippen LogP contribution >= 0.6 is 0 Å². The first-order chi connectivity index (χ1) is 7.56. The molecule has 0 aromatic carbocycles. The van der Waals surface area contributed by atoms with Gasteiger partial charge in [-0.15, -0.1) is 6.58 Å². The van der Waals surface area contributed by atoms with Gasteiger partial charge in [0.05, 0.1) is 6.07 Å². The van der Waals surface area contributed by atoms with Gasteiger partial charge in [0.2, 0.25) is 5.91 Å². The van der Waals surface area contributed by atoms with Crippen molar-refractivity contribution in [1.82, 2.24) is 5.32 Å². The summed E-state index contributed by atoms with van der Waals surface area (Å²) in [5, 5.41) is 12.1. The molecule has 0 aliphatic rings. The summed E-state index contributed by atoms with van der Waals surface area (Å²) >= 11 is 0. The van der Waals surface area contributed by atoms with Crippen LogP contribution < -0.4 is 5.32 Å². The van der Waals surface area contributed by atoms with Crippen molar-refractivity contribution < 1.29 is 4.79 Å². The molecule has 0 heterocycles. The van der Waals surface area contributed by atoms with E-state index < -0.39 is 5.41 Å². The van der Waals surface area contributed by atoms with E-state index in [1.165, 1.54) is 0 Å². The fraction of sp³-hybridized carbons (Fsp3) is 0.692. The molecule has 0 aromatic rings. The van der Waals surface area contributed by atoms with Gasteiger partial charge in [0.25, 0.3) is 0 Å². The van der Waals surface area contributed by atoms with E-state index in [0.717, 1.165) is 12.8 Å². The first kappa shape index (κ1) is 14.7. The van der Waals surface area contributed by atoms with E-state index in [9.17, 15) is 10.1 Å². The van der Waals surface area contributed by atoms with Crippen LogP contribution in [0.1, 0.15) is 46.5 Å². The summed E-state index contributed by atoms with van der Waals surface area (Å²) in [6, 6.07) is 2.11. The molecule has 3 heteroatoms. The highest BCUT2D eigenvalue weighted by Gasteiger charge is 2.37. The molecular weight excluding hydrogens is 200 g/mol. The first-order valence-corrected chi connectivity index (χ1v) is 5.91. The molecule has 0 aliphatic carbocycles. The molecule has 90 valence electrons. The lowest BCUT2D eigenvalue weighted by Gasteiger charge is -2.25. The minimum Gasteiger partial charge on any atom is -0.349 e. The first-order valence-electron chi connectivity index (χ1n) is 5.91. The van der Waals surface area contributed by atoms with Crippen LogP contribution in [0.4, 0.5) is 0 Å². The van der Waals surface area contributed by atoms with E-state index >= 15 is 0 Å². The van der Waals surface area contributed by atoms with Gasteiger partial charge in [0, 0.05) is 6.04 Å². The molecule has 0 radical (unpaired) electrons. The molecule has 0 spiro atoms. The van der Waals surface area contributed by atoms with Gasteiger partial charge >= 0.3 is 0 Å². The van der Waals surface area contributed by atoms with Crippen LogP contribution in [0.25, 0.3) is 0 Å². The number of carbonyl (C=O) groups is 1. The second kappa shape index (κ2) is 7.05. The number of amides is 1. The number of carbonyl (C=O) groups excluding carboxylic acids is 1. The molecule has 0 saturated carbocycles. The highest BCUT2D eigenvalue weighted by Crippen LogP contribution is 2.29. The molecule has 3 nitrogen and oxygen atoms in total. The number of rotatable bonds is 7. The maximum absolute atomic E-state index is 12.1. The van der Waals surface area contributed by atoms with Crippen molar-refractivity contribution in [3.05, 3.63) is 12.7 Å². The van der Waals surface area contributed by atoms with Crippen molar-refractivity contribution in [2.75, 3.05) is 0 Å². The molecule has 1 amide bonds. The summed E-state index contributed by atoms with van der Waals surface area (Å²) in [6.07, 6.45) is 4.57. The minimum atomic E-state index is -0.860. The second-order valence-corrected chi connectivity index (χ2v) is 4.19. The molecule has 1 atom stereocenters. The van der Waals surface area contributed by atoms with E-state index in [2.05, 4.69) is 18.0 Å². The van der Waals surface area contributed by atoms with Gasteiger partial charge in [-0.05, 0) is 19.8 Å². The molecular formula is C13H22N2O. The van der Waals surface area contributed by atoms with E-state index in [-0.39, 0.29) is 11.9 Å². The van der Waals surface area contributed by atoms with Gasteiger partial charge < -0.3 is 5.32 Å². The summed E-state index contributed by atoms with van der Waals surface area (Å²) in [6.45, 7) is 9.45. The number of nitrogens with one attached hydrogen (secondary N) is 1. The third-order valence-electron chi connectivity index (χ3n) is 2.71. The van der Waals surface area contributed by atoms with Gasteiger partial charge in [0.1, 0.15) is 5.41 Å². The maximum Gasteiger partial charge on any atom is 0.240 e. The predicted octanol–water partition coefficient (Wildman–Crippen LogP) is 2.79. The third kappa shape index (κ3) is 3.69. The number of hydrogen-bond acceptors (Lipinski definition) is 2. The Balaban J connectivity index is 4.80. The Morgan fingerprint density at radius 1 is 1.50 bits per heavy atom. The zero-order valence-corrected chi connectivity index (χ0v) is 10.5. The monoisotopic (exact) mass is 222 g/mol. The molecule has 0 bridgehead atoms. The zero-order chi connectivity index (χ0) is 12.6. The van der Waals surface area contributed by atoms with Gasteiger partial charge in [-0.3, -0.25) is 4.79 Å². The van der Waals surface area contributed by atoms with Crippen molar-refractivity contribution in [3.63, 3.8) is 0 Å². The fourth-order valence-electron chi connectivity index (χ4n) is 1.77. The normalized spacial score (nSPS) is 12.6. The average molecular weight is 222 g/mol. The Morgan fingerprint density at radius 3 is 2.31 bits per heavy atom. The summed E-state index contributed by atoms with van der Waals surface area (Å²) in [5.41, 5.74) is -0.860. The lowest BCUT2D eigenvalue weighted by molar-refractivity contribution is -0.129. The number of nitrogens with zero attached hydrogens (tertiary/aromatic N) is 1. The molecule has 0 fully saturated rings. The molecule has 1 unspecified atom stereocenters. The lowest BCUT2D eigenvalue weighted by Crippen LogP contribution is -2.43. The Bertz CT molecular complexity index is 272. The van der Waals surface area contributed by atoms with Crippen LogP contribution in [0.3, 0.4) is 0 Å². The molecule has 0 saturated heterocycles. The van der Waals surface area contributed by atoms with Crippen molar-refractivity contribution in [2.45, 2.75) is 52.5 Å². The Hall–Kier alpha value is -1.30. The Labute approximate surface area is 98.5 Å². The summed E-state index contributed by atoms with van der Waals surface area (Å²) in [4.78, 5) is 12.1. The van der Waals surface area contributed by atoms with Gasteiger partial charge in [-0.25, -0.2) is 0 Å². The van der Waals surface area contributed by atoms with Crippen molar-refractivity contribution >= 4 is 5.91 Å².